The number of rotatable bonds is 6. The number of aromatic nitrogens is 2. The third-order valence-corrected chi connectivity index (χ3v) is 4.86. The van der Waals surface area contributed by atoms with Crippen LogP contribution in [0.4, 0.5) is 5.69 Å². The molecule has 1 aromatic heterocycles. The topological polar surface area (TPSA) is 82.5 Å². The molecular weight excluding hydrogens is 346 g/mol. The number of fused-ring (bicyclic) bond motifs is 1. The van der Waals surface area contributed by atoms with Gasteiger partial charge in [0.15, 0.2) is 12.7 Å². The Labute approximate surface area is 158 Å². The molecule has 1 N–H and O–H groups in total. The molecule has 7 nitrogen and oxygen atoms in total. The van der Waals surface area contributed by atoms with Crippen LogP contribution in [-0.4, -0.2) is 34.4 Å². The number of aryl methyl sites for hydroxylation is 4. The van der Waals surface area contributed by atoms with E-state index in [1.165, 1.54) is 18.1 Å². The zero-order chi connectivity index (χ0) is 19.6. The molecule has 2 aromatic rings. The van der Waals surface area contributed by atoms with E-state index in [2.05, 4.69) is 10.4 Å². The number of carbonyl (C=O) groups is 2. The molecule has 1 aliphatic rings. The van der Waals surface area contributed by atoms with Crippen molar-refractivity contribution >= 4 is 17.6 Å². The van der Waals surface area contributed by atoms with Crippen molar-refractivity contribution < 1.29 is 19.1 Å². The van der Waals surface area contributed by atoms with Crippen LogP contribution < -0.4 is 10.1 Å². The van der Waals surface area contributed by atoms with Gasteiger partial charge in [-0.25, -0.2) is 4.79 Å². The summed E-state index contributed by atoms with van der Waals surface area (Å²) in [6.45, 7) is 4.96. The van der Waals surface area contributed by atoms with Gasteiger partial charge in [-0.15, -0.1) is 0 Å². The highest BCUT2D eigenvalue weighted by molar-refractivity contribution is 5.96. The van der Waals surface area contributed by atoms with E-state index in [9.17, 15) is 9.59 Å². The number of nitrogens with one attached hydrogen (secondary N) is 1. The third-order valence-electron chi connectivity index (χ3n) is 4.86. The number of carbonyl (C=O) groups excluding carboxylic acids is 2. The van der Waals surface area contributed by atoms with E-state index >= 15 is 0 Å². The van der Waals surface area contributed by atoms with Crippen LogP contribution in [0.25, 0.3) is 0 Å². The first-order chi connectivity index (χ1) is 12.8. The van der Waals surface area contributed by atoms with Crippen LogP contribution in [0.2, 0.25) is 0 Å². The maximum Gasteiger partial charge on any atom is 0.344 e. The van der Waals surface area contributed by atoms with Gasteiger partial charge < -0.3 is 14.8 Å². The molecule has 0 saturated carbocycles. The third kappa shape index (κ3) is 4.30. The molecule has 0 fully saturated rings. The number of hydrogen-bond acceptors (Lipinski definition) is 5. The number of anilines is 1. The Bertz CT molecular complexity index is 872. The van der Waals surface area contributed by atoms with Gasteiger partial charge in [0.2, 0.25) is 0 Å². The molecule has 1 aromatic carbocycles. The number of nitrogens with zero attached hydrogens (tertiary/aromatic N) is 2. The lowest BCUT2D eigenvalue weighted by Gasteiger charge is -2.14. The molecule has 7 heteroatoms. The Kier molecular flexibility index (Phi) is 5.48. The Morgan fingerprint density at radius 1 is 1.26 bits per heavy atom. The molecule has 0 spiro atoms. The summed E-state index contributed by atoms with van der Waals surface area (Å²) in [5, 5.41) is 7.01. The fourth-order valence-electron chi connectivity index (χ4n) is 3.24. The van der Waals surface area contributed by atoms with E-state index in [1.54, 1.807) is 11.7 Å². The first kappa shape index (κ1) is 18.9. The van der Waals surface area contributed by atoms with Crippen LogP contribution in [0.3, 0.4) is 0 Å². The first-order valence-electron chi connectivity index (χ1n) is 9.10. The average Bonchev–Trinajstić information content (AvgIpc) is 3.19. The number of esters is 1. The standard InChI is InChI=1S/C20H25N3O4/c1-12-19(13(2)23(4)22-12)21-20(25)14(3)27-18(24)11-26-17-9-8-15-6-5-7-16(15)10-17/h8-10,14H,5-7,11H2,1-4H3,(H,21,25). The fraction of sp³-hybridized carbons (Fsp3) is 0.450. The largest absolute Gasteiger partial charge is 0.482 e. The predicted molar refractivity (Wildman–Crippen MR) is 101 cm³/mol. The fourth-order valence-corrected chi connectivity index (χ4v) is 3.24. The van der Waals surface area contributed by atoms with Crippen molar-refractivity contribution in [3.8, 4) is 5.75 Å². The van der Waals surface area contributed by atoms with Gasteiger partial charge >= 0.3 is 5.97 Å². The first-order valence-corrected chi connectivity index (χ1v) is 9.10. The van der Waals surface area contributed by atoms with Crippen molar-refractivity contribution in [2.45, 2.75) is 46.1 Å². The smallest absolute Gasteiger partial charge is 0.344 e. The van der Waals surface area contributed by atoms with Crippen LogP contribution >= 0.6 is 0 Å². The van der Waals surface area contributed by atoms with Crippen molar-refractivity contribution in [3.05, 3.63) is 40.7 Å². The van der Waals surface area contributed by atoms with Crippen LogP contribution in [-0.2, 0) is 34.2 Å². The molecular formula is C20H25N3O4. The molecule has 144 valence electrons. The summed E-state index contributed by atoms with van der Waals surface area (Å²) in [5.74, 6) is -0.343. The minimum atomic E-state index is -0.930. The molecule has 0 radical (unpaired) electrons. The van der Waals surface area contributed by atoms with Gasteiger partial charge in [0.1, 0.15) is 5.75 Å². The summed E-state index contributed by atoms with van der Waals surface area (Å²) >= 11 is 0. The lowest BCUT2D eigenvalue weighted by atomic mass is 10.1. The second-order valence-electron chi connectivity index (χ2n) is 6.86. The van der Waals surface area contributed by atoms with Gasteiger partial charge in [0.05, 0.1) is 17.1 Å². The molecule has 1 aliphatic carbocycles. The van der Waals surface area contributed by atoms with Gasteiger partial charge in [-0.3, -0.25) is 9.48 Å². The van der Waals surface area contributed by atoms with E-state index in [1.807, 2.05) is 32.0 Å². The van der Waals surface area contributed by atoms with E-state index in [0.717, 1.165) is 25.0 Å². The normalized spacial score (nSPS) is 13.8. The number of benzene rings is 1. The lowest BCUT2D eigenvalue weighted by molar-refractivity contribution is -0.155. The lowest BCUT2D eigenvalue weighted by Crippen LogP contribution is -2.32. The average molecular weight is 371 g/mol. The maximum absolute atomic E-state index is 12.3. The summed E-state index contributed by atoms with van der Waals surface area (Å²) in [6, 6.07) is 5.87. The number of ether oxygens (including phenoxy) is 2. The van der Waals surface area contributed by atoms with Crippen molar-refractivity contribution in [1.82, 2.24) is 9.78 Å². The van der Waals surface area contributed by atoms with Crippen LogP contribution in [0.5, 0.6) is 5.75 Å². The quantitative estimate of drug-likeness (QED) is 0.789. The molecule has 0 saturated heterocycles. The minimum absolute atomic E-state index is 0.235. The second kappa shape index (κ2) is 7.82. The van der Waals surface area contributed by atoms with Gasteiger partial charge in [-0.1, -0.05) is 6.07 Å². The molecule has 3 rings (SSSR count). The van der Waals surface area contributed by atoms with E-state index in [4.69, 9.17) is 9.47 Å². The highest BCUT2D eigenvalue weighted by Gasteiger charge is 2.21. The Morgan fingerprint density at radius 3 is 2.70 bits per heavy atom. The monoisotopic (exact) mass is 371 g/mol. The zero-order valence-corrected chi connectivity index (χ0v) is 16.2. The maximum atomic E-state index is 12.3. The van der Waals surface area contributed by atoms with E-state index < -0.39 is 18.0 Å². The number of hydrogen-bond donors (Lipinski definition) is 1. The van der Waals surface area contributed by atoms with Gasteiger partial charge in [-0.05, 0) is 63.3 Å². The van der Waals surface area contributed by atoms with Crippen LogP contribution in [0.15, 0.2) is 18.2 Å². The van der Waals surface area contributed by atoms with Gasteiger partial charge in [-0.2, -0.15) is 5.10 Å². The molecule has 1 heterocycles. The second-order valence-corrected chi connectivity index (χ2v) is 6.86. The summed E-state index contributed by atoms with van der Waals surface area (Å²) in [7, 11) is 1.80. The molecule has 1 atom stereocenters. The summed E-state index contributed by atoms with van der Waals surface area (Å²) < 4.78 is 12.4. The molecule has 1 unspecified atom stereocenters. The Morgan fingerprint density at radius 2 is 2.00 bits per heavy atom. The summed E-state index contributed by atoms with van der Waals surface area (Å²) in [6.07, 6.45) is 2.37. The van der Waals surface area contributed by atoms with Crippen molar-refractivity contribution in [2.75, 3.05) is 11.9 Å². The van der Waals surface area contributed by atoms with Crippen LogP contribution in [0, 0.1) is 13.8 Å². The van der Waals surface area contributed by atoms with Crippen molar-refractivity contribution in [3.63, 3.8) is 0 Å². The Balaban J connectivity index is 1.50. The highest BCUT2D eigenvalue weighted by atomic mass is 16.6. The zero-order valence-electron chi connectivity index (χ0n) is 16.2. The minimum Gasteiger partial charge on any atom is -0.482 e. The van der Waals surface area contributed by atoms with Crippen molar-refractivity contribution in [1.29, 1.82) is 0 Å². The summed E-state index contributed by atoms with van der Waals surface area (Å²) in [5.41, 5.74) is 4.80. The SMILES string of the molecule is Cc1nn(C)c(C)c1NC(=O)C(C)OC(=O)COc1ccc2c(c1)CCC2. The Hall–Kier alpha value is -2.83. The van der Waals surface area contributed by atoms with Gasteiger partial charge in [0, 0.05) is 7.05 Å². The number of amides is 1. The molecule has 0 bridgehead atoms. The molecule has 0 aliphatic heterocycles. The molecule has 27 heavy (non-hydrogen) atoms. The molecule has 1 amide bonds. The van der Waals surface area contributed by atoms with E-state index in [-0.39, 0.29) is 6.61 Å². The highest BCUT2D eigenvalue weighted by Crippen LogP contribution is 2.26. The van der Waals surface area contributed by atoms with Crippen LogP contribution in [0.1, 0.15) is 35.9 Å². The predicted octanol–water partition coefficient (Wildman–Crippen LogP) is 2.47. The van der Waals surface area contributed by atoms with E-state index in [0.29, 0.717) is 17.1 Å². The summed E-state index contributed by atoms with van der Waals surface area (Å²) in [4.78, 5) is 24.3. The van der Waals surface area contributed by atoms with Crippen molar-refractivity contribution in [2.24, 2.45) is 7.05 Å². The van der Waals surface area contributed by atoms with Gasteiger partial charge in [0.25, 0.3) is 5.91 Å².